The van der Waals surface area contributed by atoms with Crippen molar-refractivity contribution in [1.29, 1.82) is 5.26 Å². The minimum absolute atomic E-state index is 0.228. The maximum Gasteiger partial charge on any atom is 0.435 e. The van der Waals surface area contributed by atoms with Gasteiger partial charge in [-0.05, 0) is 32.4 Å². The van der Waals surface area contributed by atoms with E-state index in [1.54, 1.807) is 6.92 Å². The van der Waals surface area contributed by atoms with Crippen LogP contribution in [0.1, 0.15) is 27.4 Å². The molecule has 0 aliphatic carbocycles. The third-order valence-corrected chi connectivity index (χ3v) is 4.44. The summed E-state index contributed by atoms with van der Waals surface area (Å²) in [6, 6.07) is 2.90. The lowest BCUT2D eigenvalue weighted by molar-refractivity contribution is -0.141. The van der Waals surface area contributed by atoms with E-state index >= 15 is 0 Å². The molecule has 122 valence electrons. The summed E-state index contributed by atoms with van der Waals surface area (Å²) in [4.78, 5) is 12.9. The molecule has 0 fully saturated rings. The highest BCUT2D eigenvalue weighted by Gasteiger charge is 2.34. The molecular weight excluding hydrogens is 329 g/mol. The van der Waals surface area contributed by atoms with E-state index in [0.717, 1.165) is 21.2 Å². The van der Waals surface area contributed by atoms with Crippen LogP contribution in [0.25, 0.3) is 0 Å². The normalized spacial score (nSPS) is 11.3. The number of nitriles is 1. The van der Waals surface area contributed by atoms with Crippen molar-refractivity contribution in [3.63, 3.8) is 0 Å². The Morgan fingerprint density at radius 1 is 1.43 bits per heavy atom. The molecule has 0 spiro atoms. The minimum atomic E-state index is -4.55. The molecule has 0 unspecified atom stereocenters. The van der Waals surface area contributed by atoms with Crippen LogP contribution >= 0.6 is 11.3 Å². The molecule has 0 saturated carbocycles. The number of nitrogens with one attached hydrogen (secondary N) is 1. The van der Waals surface area contributed by atoms with E-state index in [9.17, 15) is 18.0 Å². The molecular formula is C14H13F3N4OS. The van der Waals surface area contributed by atoms with Crippen molar-refractivity contribution in [2.45, 2.75) is 33.5 Å². The molecule has 0 aromatic carbocycles. The molecule has 0 radical (unpaired) electrons. The molecule has 5 nitrogen and oxygen atoms in total. The van der Waals surface area contributed by atoms with Crippen molar-refractivity contribution < 1.29 is 18.0 Å². The Hall–Kier alpha value is -2.34. The summed E-state index contributed by atoms with van der Waals surface area (Å²) in [5, 5.41) is 15.5. The molecule has 2 aromatic heterocycles. The molecule has 2 rings (SSSR count). The fourth-order valence-electron chi connectivity index (χ4n) is 1.96. The monoisotopic (exact) mass is 342 g/mol. The van der Waals surface area contributed by atoms with Gasteiger partial charge in [-0.2, -0.15) is 23.5 Å². The number of hydrogen-bond donors (Lipinski definition) is 1. The summed E-state index contributed by atoms with van der Waals surface area (Å²) in [6.07, 6.45) is -4.55. The third kappa shape index (κ3) is 3.53. The Morgan fingerprint density at radius 2 is 2.09 bits per heavy atom. The van der Waals surface area contributed by atoms with Crippen LogP contribution in [0.3, 0.4) is 0 Å². The topological polar surface area (TPSA) is 70.7 Å². The summed E-state index contributed by atoms with van der Waals surface area (Å²) >= 11 is 1.25. The fraction of sp³-hybridized carbons (Fsp3) is 0.357. The van der Waals surface area contributed by atoms with Gasteiger partial charge in [0.2, 0.25) is 5.91 Å². The Bertz CT molecular complexity index is 798. The van der Waals surface area contributed by atoms with Gasteiger partial charge in [0.25, 0.3) is 0 Å². The second-order valence-corrected chi connectivity index (χ2v) is 6.20. The van der Waals surface area contributed by atoms with Crippen LogP contribution in [0.2, 0.25) is 0 Å². The summed E-state index contributed by atoms with van der Waals surface area (Å²) < 4.78 is 38.8. The van der Waals surface area contributed by atoms with Crippen LogP contribution in [-0.2, 0) is 17.5 Å². The molecule has 0 aliphatic heterocycles. The maximum absolute atomic E-state index is 12.6. The Kier molecular flexibility index (Phi) is 4.47. The molecule has 0 saturated heterocycles. The van der Waals surface area contributed by atoms with Crippen molar-refractivity contribution in [3.8, 4) is 6.07 Å². The van der Waals surface area contributed by atoms with Crippen molar-refractivity contribution in [2.24, 2.45) is 0 Å². The summed E-state index contributed by atoms with van der Waals surface area (Å²) in [7, 11) is 0. The molecule has 1 amide bonds. The second-order valence-electron chi connectivity index (χ2n) is 4.97. The Morgan fingerprint density at radius 3 is 2.61 bits per heavy atom. The number of halogens is 3. The number of amides is 1. The number of thiophene rings is 1. The van der Waals surface area contributed by atoms with Gasteiger partial charge in [-0.15, -0.1) is 11.3 Å². The predicted molar refractivity (Wildman–Crippen MR) is 79.1 cm³/mol. The van der Waals surface area contributed by atoms with Gasteiger partial charge in [-0.1, -0.05) is 0 Å². The molecule has 2 heterocycles. The van der Waals surface area contributed by atoms with E-state index in [1.807, 2.05) is 13.0 Å². The van der Waals surface area contributed by atoms with Gasteiger partial charge in [-0.25, -0.2) is 0 Å². The van der Waals surface area contributed by atoms with Crippen LogP contribution in [0.5, 0.6) is 0 Å². The smallest absolute Gasteiger partial charge is 0.315 e. The minimum Gasteiger partial charge on any atom is -0.315 e. The van der Waals surface area contributed by atoms with E-state index in [-0.39, 0.29) is 12.2 Å². The lowest BCUT2D eigenvalue weighted by Gasteiger charge is -2.06. The number of aromatic nitrogens is 2. The van der Waals surface area contributed by atoms with Crippen molar-refractivity contribution in [3.05, 3.63) is 33.5 Å². The van der Waals surface area contributed by atoms with Gasteiger partial charge in [0, 0.05) is 10.6 Å². The zero-order chi connectivity index (χ0) is 17.4. The van der Waals surface area contributed by atoms with Crippen LogP contribution in [0.15, 0.2) is 6.07 Å². The van der Waals surface area contributed by atoms with Gasteiger partial charge < -0.3 is 5.32 Å². The van der Waals surface area contributed by atoms with Gasteiger partial charge in [0.15, 0.2) is 5.69 Å². The average molecular weight is 342 g/mol. The van der Waals surface area contributed by atoms with Gasteiger partial charge >= 0.3 is 6.18 Å². The molecule has 0 bridgehead atoms. The standard InChI is InChI=1S/C14H13F3N4OS/c1-7-4-11(14(15,16)17)20-21(7)6-12(22)19-13-10(5-18)8(2)9(3)23-13/h4H,6H2,1-3H3,(H,19,22). The first-order valence-corrected chi connectivity index (χ1v) is 7.36. The third-order valence-electron chi connectivity index (χ3n) is 3.32. The highest BCUT2D eigenvalue weighted by atomic mass is 32.1. The highest BCUT2D eigenvalue weighted by molar-refractivity contribution is 7.16. The summed E-state index contributed by atoms with van der Waals surface area (Å²) in [5.74, 6) is -0.539. The molecule has 1 N–H and O–H groups in total. The van der Waals surface area contributed by atoms with Crippen LogP contribution < -0.4 is 5.32 Å². The number of hydrogen-bond acceptors (Lipinski definition) is 4. The van der Waals surface area contributed by atoms with Gasteiger partial charge in [-0.3, -0.25) is 9.48 Å². The van der Waals surface area contributed by atoms with E-state index in [4.69, 9.17) is 5.26 Å². The lowest BCUT2D eigenvalue weighted by atomic mass is 10.2. The average Bonchev–Trinajstić information content (AvgIpc) is 2.91. The van der Waals surface area contributed by atoms with Crippen molar-refractivity contribution in [1.82, 2.24) is 9.78 Å². The molecule has 23 heavy (non-hydrogen) atoms. The molecule has 9 heteroatoms. The number of alkyl halides is 3. The van der Waals surface area contributed by atoms with Gasteiger partial charge in [0.1, 0.15) is 17.6 Å². The predicted octanol–water partition coefficient (Wildman–Crippen LogP) is 3.40. The van der Waals surface area contributed by atoms with Crippen molar-refractivity contribution >= 4 is 22.2 Å². The first-order valence-electron chi connectivity index (χ1n) is 6.55. The number of aryl methyl sites for hydroxylation is 2. The lowest BCUT2D eigenvalue weighted by Crippen LogP contribution is -2.20. The maximum atomic E-state index is 12.6. The zero-order valence-corrected chi connectivity index (χ0v) is 13.4. The first kappa shape index (κ1) is 17.0. The Balaban J connectivity index is 2.17. The molecule has 0 aliphatic rings. The quantitative estimate of drug-likeness (QED) is 0.929. The van der Waals surface area contributed by atoms with Crippen LogP contribution in [0, 0.1) is 32.1 Å². The number of carbonyl (C=O) groups excluding carboxylic acids is 1. The van der Waals surface area contributed by atoms with E-state index in [0.29, 0.717) is 10.6 Å². The second kappa shape index (κ2) is 6.04. The molecule has 2 aromatic rings. The molecule has 0 atom stereocenters. The van der Waals surface area contributed by atoms with E-state index < -0.39 is 17.8 Å². The van der Waals surface area contributed by atoms with Crippen molar-refractivity contribution in [2.75, 3.05) is 5.32 Å². The Labute approximate surface area is 134 Å². The number of rotatable bonds is 3. The zero-order valence-electron chi connectivity index (χ0n) is 12.6. The van der Waals surface area contributed by atoms with E-state index in [1.165, 1.54) is 18.3 Å². The number of anilines is 1. The van der Waals surface area contributed by atoms with Gasteiger partial charge in [0.05, 0.1) is 5.56 Å². The first-order chi connectivity index (χ1) is 10.6. The summed E-state index contributed by atoms with van der Waals surface area (Å²) in [5.41, 5.74) is 0.339. The number of nitrogens with zero attached hydrogens (tertiary/aromatic N) is 3. The fourth-order valence-corrected chi connectivity index (χ4v) is 2.99. The number of carbonyl (C=O) groups is 1. The highest BCUT2D eigenvalue weighted by Crippen LogP contribution is 2.32. The van der Waals surface area contributed by atoms with Crippen LogP contribution in [-0.4, -0.2) is 15.7 Å². The summed E-state index contributed by atoms with van der Waals surface area (Å²) in [6.45, 7) is 4.68. The van der Waals surface area contributed by atoms with Crippen LogP contribution in [0.4, 0.5) is 18.2 Å². The SMILES string of the molecule is Cc1sc(NC(=O)Cn2nc(C(F)(F)F)cc2C)c(C#N)c1C. The van der Waals surface area contributed by atoms with E-state index in [2.05, 4.69) is 10.4 Å². The largest absolute Gasteiger partial charge is 0.435 e.